The molecule has 0 radical (unpaired) electrons. The molecule has 106 valence electrons. The minimum absolute atomic E-state index is 0.0596. The van der Waals surface area contributed by atoms with E-state index in [9.17, 15) is 4.79 Å². The number of H-pyrrole nitrogens is 1. The maximum atomic E-state index is 11.7. The summed E-state index contributed by atoms with van der Waals surface area (Å²) in [6.07, 6.45) is 2.13. The van der Waals surface area contributed by atoms with Gasteiger partial charge < -0.3 is 15.2 Å². The first kappa shape index (κ1) is 14.1. The van der Waals surface area contributed by atoms with E-state index < -0.39 is 0 Å². The first-order chi connectivity index (χ1) is 8.93. The van der Waals surface area contributed by atoms with Crippen LogP contribution >= 0.6 is 0 Å². The summed E-state index contributed by atoms with van der Waals surface area (Å²) in [5, 5.41) is 3.38. The number of nitrogens with one attached hydrogen (secondary N) is 2. The summed E-state index contributed by atoms with van der Waals surface area (Å²) in [7, 11) is 2.01. The number of aromatic nitrogens is 2. The monoisotopic (exact) mass is 264 g/mol. The van der Waals surface area contributed by atoms with Crippen molar-refractivity contribution in [3.63, 3.8) is 0 Å². The maximum absolute atomic E-state index is 11.7. The largest absolute Gasteiger partial charge is 0.356 e. The van der Waals surface area contributed by atoms with Crippen LogP contribution in [0, 0.1) is 0 Å². The van der Waals surface area contributed by atoms with Gasteiger partial charge >= 0.3 is 0 Å². The van der Waals surface area contributed by atoms with Crippen LogP contribution in [0.25, 0.3) is 0 Å². The van der Waals surface area contributed by atoms with E-state index in [1.54, 1.807) is 6.07 Å². The van der Waals surface area contributed by atoms with Gasteiger partial charge in [-0.25, -0.2) is 4.98 Å². The molecule has 1 saturated heterocycles. The van der Waals surface area contributed by atoms with Crippen LogP contribution in [0.3, 0.4) is 0 Å². The SMILES string of the molecule is CNC1(C)CCN(c2cc(=O)[nH]c(C(C)C)n2)CC1. The first-order valence-electron chi connectivity index (χ1n) is 6.99. The van der Waals surface area contributed by atoms with E-state index in [0.29, 0.717) is 0 Å². The van der Waals surface area contributed by atoms with Gasteiger partial charge in [0.25, 0.3) is 5.56 Å². The molecule has 0 unspecified atom stereocenters. The second-order valence-corrected chi connectivity index (χ2v) is 5.94. The van der Waals surface area contributed by atoms with Gasteiger partial charge in [-0.15, -0.1) is 0 Å². The van der Waals surface area contributed by atoms with Crippen molar-refractivity contribution in [1.82, 2.24) is 15.3 Å². The minimum atomic E-state index is -0.0596. The van der Waals surface area contributed by atoms with E-state index in [-0.39, 0.29) is 17.0 Å². The van der Waals surface area contributed by atoms with Gasteiger partial charge in [-0.05, 0) is 26.8 Å². The molecule has 1 aromatic rings. The van der Waals surface area contributed by atoms with Crippen LogP contribution in [0.4, 0.5) is 5.82 Å². The fourth-order valence-corrected chi connectivity index (χ4v) is 2.38. The van der Waals surface area contributed by atoms with E-state index in [2.05, 4.69) is 27.1 Å². The van der Waals surface area contributed by atoms with Gasteiger partial charge in [0.2, 0.25) is 0 Å². The molecule has 19 heavy (non-hydrogen) atoms. The third-order valence-electron chi connectivity index (χ3n) is 4.09. The summed E-state index contributed by atoms with van der Waals surface area (Å²) >= 11 is 0. The lowest BCUT2D eigenvalue weighted by Crippen LogP contribution is -2.50. The Hall–Kier alpha value is -1.36. The quantitative estimate of drug-likeness (QED) is 0.868. The average molecular weight is 264 g/mol. The fraction of sp³-hybridized carbons (Fsp3) is 0.714. The Labute approximate surface area is 114 Å². The van der Waals surface area contributed by atoms with Gasteiger partial charge in [-0.1, -0.05) is 13.8 Å². The van der Waals surface area contributed by atoms with Crippen molar-refractivity contribution < 1.29 is 0 Å². The molecule has 0 amide bonds. The molecule has 0 atom stereocenters. The van der Waals surface area contributed by atoms with Gasteiger partial charge in [0.1, 0.15) is 11.6 Å². The summed E-state index contributed by atoms with van der Waals surface area (Å²) in [4.78, 5) is 21.3. The third-order valence-corrected chi connectivity index (χ3v) is 4.09. The lowest BCUT2D eigenvalue weighted by molar-refractivity contribution is 0.304. The zero-order valence-corrected chi connectivity index (χ0v) is 12.3. The zero-order valence-electron chi connectivity index (χ0n) is 12.3. The third kappa shape index (κ3) is 3.15. The normalized spacial score (nSPS) is 18.9. The maximum Gasteiger partial charge on any atom is 0.252 e. The molecule has 0 aromatic carbocycles. The smallest absolute Gasteiger partial charge is 0.252 e. The molecular weight excluding hydrogens is 240 g/mol. The van der Waals surface area contributed by atoms with Crippen molar-refractivity contribution in [2.45, 2.75) is 45.1 Å². The Morgan fingerprint density at radius 1 is 1.42 bits per heavy atom. The lowest BCUT2D eigenvalue weighted by Gasteiger charge is -2.39. The van der Waals surface area contributed by atoms with Gasteiger partial charge in [-0.3, -0.25) is 4.79 Å². The molecular formula is C14H24N4O. The van der Waals surface area contributed by atoms with E-state index in [0.717, 1.165) is 37.6 Å². The predicted molar refractivity (Wildman–Crippen MR) is 77.9 cm³/mol. The number of hydrogen-bond acceptors (Lipinski definition) is 4. The van der Waals surface area contributed by atoms with Crippen molar-refractivity contribution in [1.29, 1.82) is 0 Å². The Morgan fingerprint density at radius 3 is 2.58 bits per heavy atom. The van der Waals surface area contributed by atoms with E-state index in [1.165, 1.54) is 0 Å². The number of nitrogens with zero attached hydrogens (tertiary/aromatic N) is 2. The molecule has 1 aromatic heterocycles. The van der Waals surface area contributed by atoms with Gasteiger partial charge in [-0.2, -0.15) is 0 Å². The highest BCUT2D eigenvalue weighted by molar-refractivity contribution is 5.38. The van der Waals surface area contributed by atoms with Crippen LogP contribution < -0.4 is 15.8 Å². The summed E-state index contributed by atoms with van der Waals surface area (Å²) in [6.45, 7) is 8.19. The Balaban J connectivity index is 2.18. The molecule has 2 N–H and O–H groups in total. The summed E-state index contributed by atoms with van der Waals surface area (Å²) in [5.74, 6) is 1.81. The lowest BCUT2D eigenvalue weighted by atomic mass is 9.90. The topological polar surface area (TPSA) is 61.0 Å². The molecule has 5 nitrogen and oxygen atoms in total. The number of aromatic amines is 1. The fourth-order valence-electron chi connectivity index (χ4n) is 2.38. The number of hydrogen-bond donors (Lipinski definition) is 2. The summed E-state index contributed by atoms with van der Waals surface area (Å²) in [6, 6.07) is 1.61. The van der Waals surface area contributed by atoms with Crippen LogP contribution in [0.5, 0.6) is 0 Å². The van der Waals surface area contributed by atoms with Crippen LogP contribution in [0.2, 0.25) is 0 Å². The standard InChI is InChI=1S/C14H24N4O/c1-10(2)13-16-11(9-12(19)17-13)18-7-5-14(3,15-4)6-8-18/h9-10,15H,5-8H2,1-4H3,(H,16,17,19). The highest BCUT2D eigenvalue weighted by atomic mass is 16.1. The first-order valence-corrected chi connectivity index (χ1v) is 6.99. The molecule has 5 heteroatoms. The highest BCUT2D eigenvalue weighted by Gasteiger charge is 2.29. The number of anilines is 1. The van der Waals surface area contributed by atoms with Crippen molar-refractivity contribution in [3.8, 4) is 0 Å². The molecule has 2 heterocycles. The van der Waals surface area contributed by atoms with Crippen LogP contribution in [0.15, 0.2) is 10.9 Å². The van der Waals surface area contributed by atoms with Crippen LogP contribution in [-0.4, -0.2) is 35.6 Å². The molecule has 2 rings (SSSR count). The van der Waals surface area contributed by atoms with Gasteiger partial charge in [0, 0.05) is 30.6 Å². The Bertz CT molecular complexity index is 486. The molecule has 1 fully saturated rings. The molecule has 0 spiro atoms. The number of piperidine rings is 1. The van der Waals surface area contributed by atoms with Crippen molar-refractivity contribution >= 4 is 5.82 Å². The van der Waals surface area contributed by atoms with E-state index in [4.69, 9.17) is 0 Å². The van der Waals surface area contributed by atoms with Crippen LogP contribution in [-0.2, 0) is 0 Å². The second kappa shape index (κ2) is 5.33. The Morgan fingerprint density at radius 2 is 2.05 bits per heavy atom. The molecule has 1 aliphatic heterocycles. The van der Waals surface area contributed by atoms with E-state index in [1.807, 2.05) is 20.9 Å². The van der Waals surface area contributed by atoms with Gasteiger partial charge in [0.15, 0.2) is 0 Å². The highest BCUT2D eigenvalue weighted by Crippen LogP contribution is 2.24. The number of rotatable bonds is 3. The Kier molecular flexibility index (Phi) is 3.94. The summed E-state index contributed by atoms with van der Waals surface area (Å²) in [5.41, 5.74) is 0.147. The van der Waals surface area contributed by atoms with Crippen molar-refractivity contribution in [2.75, 3.05) is 25.0 Å². The molecule has 0 saturated carbocycles. The van der Waals surface area contributed by atoms with Crippen molar-refractivity contribution in [2.24, 2.45) is 0 Å². The summed E-state index contributed by atoms with van der Waals surface area (Å²) < 4.78 is 0. The molecule has 0 bridgehead atoms. The minimum Gasteiger partial charge on any atom is -0.356 e. The molecule has 0 aliphatic carbocycles. The van der Waals surface area contributed by atoms with Gasteiger partial charge in [0.05, 0.1) is 0 Å². The predicted octanol–water partition coefficient (Wildman–Crippen LogP) is 1.47. The second-order valence-electron chi connectivity index (χ2n) is 5.94. The average Bonchev–Trinajstić information content (AvgIpc) is 2.39. The zero-order chi connectivity index (χ0) is 14.0. The van der Waals surface area contributed by atoms with E-state index >= 15 is 0 Å². The van der Waals surface area contributed by atoms with Crippen LogP contribution in [0.1, 0.15) is 45.4 Å². The van der Waals surface area contributed by atoms with Crippen molar-refractivity contribution in [3.05, 3.63) is 22.2 Å². The molecule has 1 aliphatic rings.